The van der Waals surface area contributed by atoms with Crippen LogP contribution in [0.1, 0.15) is 45.2 Å². The third-order valence-electron chi connectivity index (χ3n) is 7.48. The van der Waals surface area contributed by atoms with Crippen molar-refractivity contribution in [3.05, 3.63) is 60.1 Å². The maximum atomic E-state index is 13.1. The number of methoxy groups -OCH3 is 1. The lowest BCUT2D eigenvalue weighted by Gasteiger charge is -2.32. The number of nitrogens with two attached hydrogens (primary N) is 1. The molecule has 43 heavy (non-hydrogen) atoms. The van der Waals surface area contributed by atoms with Gasteiger partial charge in [0, 0.05) is 44.1 Å². The molecule has 226 valence electrons. The zero-order valence-corrected chi connectivity index (χ0v) is 24.2. The smallest absolute Gasteiger partial charge is 0.254 e. The van der Waals surface area contributed by atoms with Crippen LogP contribution in [0.15, 0.2) is 43.4 Å². The number of ether oxygens (including phenoxy) is 2. The van der Waals surface area contributed by atoms with Crippen LogP contribution in [0.5, 0.6) is 5.75 Å². The third kappa shape index (κ3) is 6.59. The van der Waals surface area contributed by atoms with Crippen LogP contribution in [0.4, 0.5) is 23.1 Å². The normalized spacial score (nSPS) is 16.8. The highest BCUT2D eigenvalue weighted by Crippen LogP contribution is 2.34. The predicted octanol–water partition coefficient (Wildman–Crippen LogP) is 2.40. The molecule has 14 heteroatoms. The number of piperidine rings is 1. The standard InChI is InChI=1S/C29H35N9O5/c1-4-24(39)37-7-5-6-21(17-37)38-16-20(14-32-38)33-29-31-15-22(26(30)40)27(35-29)34-25-18(2)12-19(13-23(25)42-3)28(41)36-8-10-43-11-9-36/h4,12-16,21H,1,5-11,17H2,2-3H3,(H2,30,40)(H2,31,33,34,35)/t21-/m1/s1. The zero-order chi connectivity index (χ0) is 30.5. The van der Waals surface area contributed by atoms with Gasteiger partial charge in [-0.15, -0.1) is 0 Å². The molecule has 0 unspecified atom stereocenters. The number of aromatic nitrogens is 4. The van der Waals surface area contributed by atoms with Gasteiger partial charge in [0.25, 0.3) is 11.8 Å². The van der Waals surface area contributed by atoms with Gasteiger partial charge >= 0.3 is 0 Å². The molecule has 2 fully saturated rings. The number of hydrogen-bond acceptors (Lipinski definition) is 10. The molecule has 0 aliphatic carbocycles. The maximum Gasteiger partial charge on any atom is 0.254 e. The average Bonchev–Trinajstić information content (AvgIpc) is 3.50. The van der Waals surface area contributed by atoms with Crippen molar-refractivity contribution >= 4 is 40.9 Å². The number of anilines is 4. The number of rotatable bonds is 9. The Labute approximate surface area is 248 Å². The number of benzene rings is 1. The Morgan fingerprint density at radius 2 is 1.93 bits per heavy atom. The van der Waals surface area contributed by atoms with Crippen LogP contribution < -0.4 is 21.1 Å². The molecule has 14 nitrogen and oxygen atoms in total. The van der Waals surface area contributed by atoms with Crippen molar-refractivity contribution in [2.75, 3.05) is 57.1 Å². The van der Waals surface area contributed by atoms with Crippen molar-refractivity contribution in [1.29, 1.82) is 0 Å². The van der Waals surface area contributed by atoms with Gasteiger partial charge in [-0.2, -0.15) is 10.1 Å². The number of nitrogens with zero attached hydrogens (tertiary/aromatic N) is 6. The van der Waals surface area contributed by atoms with E-state index in [-0.39, 0.29) is 35.2 Å². The highest BCUT2D eigenvalue weighted by molar-refractivity contribution is 5.99. The molecule has 0 saturated carbocycles. The van der Waals surface area contributed by atoms with E-state index in [1.165, 1.54) is 19.4 Å². The molecule has 2 aliphatic rings. The highest BCUT2D eigenvalue weighted by Gasteiger charge is 2.25. The molecule has 4 N–H and O–H groups in total. The molecule has 2 saturated heterocycles. The van der Waals surface area contributed by atoms with E-state index < -0.39 is 5.91 Å². The topological polar surface area (TPSA) is 170 Å². The summed E-state index contributed by atoms with van der Waals surface area (Å²) < 4.78 is 12.8. The second kappa shape index (κ2) is 12.9. The van der Waals surface area contributed by atoms with Crippen molar-refractivity contribution in [2.24, 2.45) is 5.73 Å². The molecule has 0 spiro atoms. The summed E-state index contributed by atoms with van der Waals surface area (Å²) in [4.78, 5) is 49.7. The number of amides is 3. The van der Waals surface area contributed by atoms with Gasteiger partial charge < -0.3 is 35.6 Å². The lowest BCUT2D eigenvalue weighted by molar-refractivity contribution is -0.127. The van der Waals surface area contributed by atoms with Gasteiger partial charge in [-0.25, -0.2) is 4.98 Å². The minimum absolute atomic E-state index is 0.0251. The number of carbonyl (C=O) groups excluding carboxylic acids is 3. The fourth-order valence-electron chi connectivity index (χ4n) is 5.22. The molecule has 2 aromatic heterocycles. The van der Waals surface area contributed by atoms with E-state index in [1.807, 2.05) is 17.8 Å². The number of primary amides is 1. The fraction of sp³-hybridized carbons (Fsp3) is 0.379. The SMILES string of the molecule is C=CC(=O)N1CCC[C@@H](n2cc(Nc3ncc(C(N)=O)c(Nc4c(C)cc(C(=O)N5CCOCC5)cc4OC)n3)cn2)C1. The molecule has 3 aromatic rings. The van der Waals surface area contributed by atoms with Gasteiger partial charge in [0.1, 0.15) is 17.1 Å². The molecule has 1 aromatic carbocycles. The first-order valence-electron chi connectivity index (χ1n) is 14.0. The second-order valence-corrected chi connectivity index (χ2v) is 10.3. The average molecular weight is 590 g/mol. The Bertz CT molecular complexity index is 1530. The third-order valence-corrected chi connectivity index (χ3v) is 7.48. The van der Waals surface area contributed by atoms with Gasteiger partial charge in [-0.3, -0.25) is 19.1 Å². The molecule has 5 rings (SSSR count). The summed E-state index contributed by atoms with van der Waals surface area (Å²) in [7, 11) is 1.50. The van der Waals surface area contributed by atoms with Crippen molar-refractivity contribution in [3.8, 4) is 5.75 Å². The van der Waals surface area contributed by atoms with Gasteiger partial charge in [0.2, 0.25) is 11.9 Å². The lowest BCUT2D eigenvalue weighted by Crippen LogP contribution is -2.40. The van der Waals surface area contributed by atoms with Crippen LogP contribution in [0.2, 0.25) is 0 Å². The summed E-state index contributed by atoms with van der Waals surface area (Å²) in [5.74, 6) is -0.155. The minimum Gasteiger partial charge on any atom is -0.495 e. The van der Waals surface area contributed by atoms with Crippen LogP contribution in [0.25, 0.3) is 0 Å². The van der Waals surface area contributed by atoms with Crippen LogP contribution >= 0.6 is 0 Å². The summed E-state index contributed by atoms with van der Waals surface area (Å²) in [6.45, 7) is 8.68. The predicted molar refractivity (Wildman–Crippen MR) is 159 cm³/mol. The Morgan fingerprint density at radius 3 is 2.65 bits per heavy atom. The second-order valence-electron chi connectivity index (χ2n) is 10.3. The fourth-order valence-corrected chi connectivity index (χ4v) is 5.22. The number of nitrogens with one attached hydrogen (secondary N) is 2. The van der Waals surface area contributed by atoms with E-state index in [2.05, 4.69) is 32.3 Å². The molecule has 0 bridgehead atoms. The van der Waals surface area contributed by atoms with E-state index in [0.29, 0.717) is 67.6 Å². The quantitative estimate of drug-likeness (QED) is 0.315. The van der Waals surface area contributed by atoms with E-state index in [9.17, 15) is 14.4 Å². The molecule has 3 amide bonds. The first-order valence-corrected chi connectivity index (χ1v) is 14.0. The monoisotopic (exact) mass is 589 g/mol. The molecule has 2 aliphatic heterocycles. The zero-order valence-electron chi connectivity index (χ0n) is 24.2. The van der Waals surface area contributed by atoms with Crippen LogP contribution in [0, 0.1) is 6.92 Å². The summed E-state index contributed by atoms with van der Waals surface area (Å²) in [5.41, 5.74) is 8.05. The number of carbonyl (C=O) groups is 3. The van der Waals surface area contributed by atoms with E-state index in [1.54, 1.807) is 28.1 Å². The van der Waals surface area contributed by atoms with Gasteiger partial charge in [-0.05, 0) is 43.5 Å². The Morgan fingerprint density at radius 1 is 1.14 bits per heavy atom. The van der Waals surface area contributed by atoms with Gasteiger partial charge in [0.05, 0.1) is 43.9 Å². The summed E-state index contributed by atoms with van der Waals surface area (Å²) in [6.07, 6.45) is 7.88. The molecule has 0 radical (unpaired) electrons. The minimum atomic E-state index is -0.714. The van der Waals surface area contributed by atoms with Gasteiger partial charge in [0.15, 0.2) is 0 Å². The van der Waals surface area contributed by atoms with Crippen molar-refractivity contribution in [1.82, 2.24) is 29.5 Å². The Hall–Kier alpha value is -4.98. The van der Waals surface area contributed by atoms with Gasteiger partial charge in [-0.1, -0.05) is 6.58 Å². The Balaban J connectivity index is 1.36. The van der Waals surface area contributed by atoms with Crippen LogP contribution in [0.3, 0.4) is 0 Å². The maximum absolute atomic E-state index is 13.1. The number of morpholine rings is 1. The number of aryl methyl sites for hydroxylation is 1. The molecular formula is C29H35N9O5. The number of likely N-dealkylation sites (tertiary alicyclic amines) is 1. The van der Waals surface area contributed by atoms with Crippen LogP contribution in [-0.4, -0.2) is 93.8 Å². The van der Waals surface area contributed by atoms with E-state index >= 15 is 0 Å². The first kappa shape index (κ1) is 29.5. The molecule has 1 atom stereocenters. The van der Waals surface area contributed by atoms with Crippen LogP contribution in [-0.2, 0) is 9.53 Å². The molecule has 4 heterocycles. The van der Waals surface area contributed by atoms with Crippen molar-refractivity contribution < 1.29 is 23.9 Å². The number of hydrogen-bond donors (Lipinski definition) is 3. The lowest BCUT2D eigenvalue weighted by atomic mass is 10.1. The summed E-state index contributed by atoms with van der Waals surface area (Å²) in [6, 6.07) is 3.44. The largest absolute Gasteiger partial charge is 0.495 e. The highest BCUT2D eigenvalue weighted by atomic mass is 16.5. The van der Waals surface area contributed by atoms with E-state index in [4.69, 9.17) is 15.2 Å². The first-order chi connectivity index (χ1) is 20.8. The molecular weight excluding hydrogens is 554 g/mol. The van der Waals surface area contributed by atoms with Crippen molar-refractivity contribution in [2.45, 2.75) is 25.8 Å². The summed E-state index contributed by atoms with van der Waals surface area (Å²) >= 11 is 0. The Kier molecular flexibility index (Phi) is 8.85. The van der Waals surface area contributed by atoms with Crippen molar-refractivity contribution in [3.63, 3.8) is 0 Å². The van der Waals surface area contributed by atoms with E-state index in [0.717, 1.165) is 12.8 Å². The summed E-state index contributed by atoms with van der Waals surface area (Å²) in [5, 5.41) is 10.8.